The number of phenolic OH excluding ortho intramolecular Hbond substituents is 1. The van der Waals surface area contributed by atoms with E-state index in [1.807, 2.05) is 31.2 Å². The zero-order chi connectivity index (χ0) is 24.5. The van der Waals surface area contributed by atoms with E-state index >= 15 is 0 Å². The molecular formula is C26H25F4NO2. The predicted octanol–water partition coefficient (Wildman–Crippen LogP) is 7.16. The highest BCUT2D eigenvalue weighted by Gasteiger charge is 2.26. The van der Waals surface area contributed by atoms with Gasteiger partial charge in [-0.1, -0.05) is 64.1 Å². The SMILES string of the molecule is COc1c(F)c(F)c(N=Cc2cccc(C(C)c3ccc(C(C)(C)C)cc3)c2O)c(F)c1F. The van der Waals surface area contributed by atoms with Crippen molar-refractivity contribution in [3.8, 4) is 11.5 Å². The Labute approximate surface area is 190 Å². The Kier molecular flexibility index (Phi) is 6.81. The molecule has 174 valence electrons. The second-order valence-electron chi connectivity index (χ2n) is 8.77. The fourth-order valence-electron chi connectivity index (χ4n) is 3.51. The van der Waals surface area contributed by atoms with Crippen molar-refractivity contribution in [1.29, 1.82) is 0 Å². The highest BCUT2D eigenvalue weighted by molar-refractivity contribution is 5.86. The molecule has 1 unspecified atom stereocenters. The van der Waals surface area contributed by atoms with Gasteiger partial charge in [0.05, 0.1) is 7.11 Å². The number of hydrogen-bond donors (Lipinski definition) is 1. The first kappa shape index (κ1) is 24.3. The number of ether oxygens (including phenoxy) is 1. The molecule has 0 radical (unpaired) electrons. The van der Waals surface area contributed by atoms with Gasteiger partial charge in [0.2, 0.25) is 11.6 Å². The van der Waals surface area contributed by atoms with E-state index in [1.165, 1.54) is 11.6 Å². The fraction of sp³-hybridized carbons (Fsp3) is 0.269. The van der Waals surface area contributed by atoms with Crippen molar-refractivity contribution in [3.05, 3.63) is 88.0 Å². The van der Waals surface area contributed by atoms with Gasteiger partial charge in [0.25, 0.3) is 0 Å². The monoisotopic (exact) mass is 459 g/mol. The third-order valence-electron chi connectivity index (χ3n) is 5.58. The molecular weight excluding hydrogens is 434 g/mol. The van der Waals surface area contributed by atoms with Crippen molar-refractivity contribution < 1.29 is 27.4 Å². The van der Waals surface area contributed by atoms with Crippen LogP contribution in [0.1, 0.15) is 55.9 Å². The molecule has 3 nitrogen and oxygen atoms in total. The maximum Gasteiger partial charge on any atom is 0.206 e. The number of nitrogens with zero attached hydrogens (tertiary/aromatic N) is 1. The molecule has 0 aromatic heterocycles. The number of aliphatic imine (C=N–C) groups is 1. The summed E-state index contributed by atoms with van der Waals surface area (Å²) in [6, 6.07) is 12.9. The number of halogens is 4. The van der Waals surface area contributed by atoms with Crippen molar-refractivity contribution in [2.75, 3.05) is 7.11 Å². The smallest absolute Gasteiger partial charge is 0.206 e. The lowest BCUT2D eigenvalue weighted by atomic mass is 9.84. The largest absolute Gasteiger partial charge is 0.507 e. The summed E-state index contributed by atoms with van der Waals surface area (Å²) in [5.74, 6) is -8.27. The van der Waals surface area contributed by atoms with Gasteiger partial charge in [-0.3, -0.25) is 0 Å². The average molecular weight is 459 g/mol. The maximum atomic E-state index is 14.2. The second-order valence-corrected chi connectivity index (χ2v) is 8.77. The predicted molar refractivity (Wildman–Crippen MR) is 121 cm³/mol. The molecule has 0 heterocycles. The summed E-state index contributed by atoms with van der Waals surface area (Å²) in [7, 11) is 0.894. The lowest BCUT2D eigenvalue weighted by molar-refractivity contribution is 0.334. The Bertz CT molecular complexity index is 1170. The van der Waals surface area contributed by atoms with Crippen molar-refractivity contribution >= 4 is 11.9 Å². The Morgan fingerprint density at radius 2 is 1.48 bits per heavy atom. The number of benzene rings is 3. The Morgan fingerprint density at radius 3 is 2.00 bits per heavy atom. The number of rotatable bonds is 5. The van der Waals surface area contributed by atoms with Crippen molar-refractivity contribution in [2.45, 2.75) is 39.0 Å². The second kappa shape index (κ2) is 9.25. The fourth-order valence-corrected chi connectivity index (χ4v) is 3.51. The van der Waals surface area contributed by atoms with Crippen LogP contribution in [0.5, 0.6) is 11.5 Å². The minimum Gasteiger partial charge on any atom is -0.507 e. The highest BCUT2D eigenvalue weighted by atomic mass is 19.2. The molecule has 0 bridgehead atoms. The molecule has 3 rings (SSSR count). The number of phenols is 1. The summed E-state index contributed by atoms with van der Waals surface area (Å²) in [5, 5.41) is 10.8. The molecule has 0 saturated carbocycles. The standard InChI is InChI=1S/C26H25F4NO2/c1-14(15-9-11-17(12-10-15)26(2,3)4)18-8-6-7-16(24(18)32)13-31-23-19(27)21(29)25(33-5)22(30)20(23)28/h6-14,32H,1-5H3. The highest BCUT2D eigenvalue weighted by Crippen LogP contribution is 2.36. The first-order valence-electron chi connectivity index (χ1n) is 10.3. The van der Waals surface area contributed by atoms with Crippen LogP contribution in [0.2, 0.25) is 0 Å². The summed E-state index contributed by atoms with van der Waals surface area (Å²) in [6.45, 7) is 8.26. The quantitative estimate of drug-likeness (QED) is 0.250. The zero-order valence-corrected chi connectivity index (χ0v) is 19.0. The van der Waals surface area contributed by atoms with Crippen LogP contribution in [0.15, 0.2) is 47.5 Å². The molecule has 33 heavy (non-hydrogen) atoms. The van der Waals surface area contributed by atoms with Crippen LogP contribution in [0.25, 0.3) is 0 Å². The van der Waals surface area contributed by atoms with Crippen LogP contribution < -0.4 is 4.74 Å². The molecule has 0 aliphatic heterocycles. The van der Waals surface area contributed by atoms with Gasteiger partial charge in [0.15, 0.2) is 17.4 Å². The topological polar surface area (TPSA) is 41.8 Å². The van der Waals surface area contributed by atoms with Gasteiger partial charge >= 0.3 is 0 Å². The maximum absolute atomic E-state index is 14.2. The van der Waals surface area contributed by atoms with Gasteiger partial charge in [-0.15, -0.1) is 0 Å². The molecule has 7 heteroatoms. The van der Waals surface area contributed by atoms with Crippen LogP contribution in [0.3, 0.4) is 0 Å². The van der Waals surface area contributed by atoms with E-state index < -0.39 is 34.7 Å². The van der Waals surface area contributed by atoms with Gasteiger partial charge in [-0.05, 0) is 22.6 Å². The molecule has 0 amide bonds. The van der Waals surface area contributed by atoms with E-state index in [0.29, 0.717) is 5.56 Å². The molecule has 0 aliphatic rings. The molecule has 0 fully saturated rings. The first-order valence-corrected chi connectivity index (χ1v) is 10.3. The first-order chi connectivity index (χ1) is 15.5. The van der Waals surface area contributed by atoms with Gasteiger partial charge in [0.1, 0.15) is 11.4 Å². The Hall–Kier alpha value is -3.35. The van der Waals surface area contributed by atoms with E-state index in [4.69, 9.17) is 0 Å². The minimum atomic E-state index is -1.69. The number of para-hydroxylation sites is 1. The minimum absolute atomic E-state index is 0.00520. The summed E-state index contributed by atoms with van der Waals surface area (Å²) in [5.41, 5.74) is 1.69. The third-order valence-corrected chi connectivity index (χ3v) is 5.58. The lowest BCUT2D eigenvalue weighted by Crippen LogP contribution is -2.11. The molecule has 0 aliphatic carbocycles. The van der Waals surface area contributed by atoms with E-state index in [1.54, 1.807) is 12.1 Å². The van der Waals surface area contributed by atoms with Crippen molar-refractivity contribution in [3.63, 3.8) is 0 Å². The average Bonchev–Trinajstić information content (AvgIpc) is 2.78. The molecule has 0 spiro atoms. The molecule has 3 aromatic carbocycles. The summed E-state index contributed by atoms with van der Waals surface area (Å²) >= 11 is 0. The van der Waals surface area contributed by atoms with Gasteiger partial charge in [-0.2, -0.15) is 8.78 Å². The van der Waals surface area contributed by atoms with Crippen LogP contribution in [0, 0.1) is 23.3 Å². The van der Waals surface area contributed by atoms with Crippen LogP contribution in [-0.2, 0) is 5.41 Å². The molecule has 1 N–H and O–H groups in total. The molecule has 0 saturated heterocycles. The van der Waals surface area contributed by atoms with Crippen LogP contribution in [-0.4, -0.2) is 18.4 Å². The van der Waals surface area contributed by atoms with E-state index in [0.717, 1.165) is 18.9 Å². The summed E-state index contributed by atoms with van der Waals surface area (Å²) in [6.07, 6.45) is 0.959. The number of aromatic hydroxyl groups is 1. The van der Waals surface area contributed by atoms with Crippen LogP contribution in [0.4, 0.5) is 23.2 Å². The third kappa shape index (κ3) is 4.72. The normalized spacial score (nSPS) is 12.9. The van der Waals surface area contributed by atoms with Gasteiger partial charge in [0, 0.05) is 23.3 Å². The zero-order valence-electron chi connectivity index (χ0n) is 19.0. The summed E-state index contributed by atoms with van der Waals surface area (Å²) in [4.78, 5) is 3.57. The van der Waals surface area contributed by atoms with Crippen molar-refractivity contribution in [1.82, 2.24) is 0 Å². The number of hydrogen-bond acceptors (Lipinski definition) is 3. The van der Waals surface area contributed by atoms with Gasteiger partial charge in [-0.25, -0.2) is 13.8 Å². The number of methoxy groups -OCH3 is 1. The van der Waals surface area contributed by atoms with E-state index in [-0.39, 0.29) is 22.6 Å². The Balaban J connectivity index is 1.97. The summed E-state index contributed by atoms with van der Waals surface area (Å²) < 4.78 is 60.6. The molecule has 3 aromatic rings. The van der Waals surface area contributed by atoms with Gasteiger partial charge < -0.3 is 9.84 Å². The Morgan fingerprint density at radius 1 is 0.909 bits per heavy atom. The van der Waals surface area contributed by atoms with E-state index in [9.17, 15) is 22.7 Å². The van der Waals surface area contributed by atoms with E-state index in [2.05, 4.69) is 30.5 Å². The van der Waals surface area contributed by atoms with Crippen LogP contribution >= 0.6 is 0 Å². The molecule has 1 atom stereocenters. The van der Waals surface area contributed by atoms with Crippen molar-refractivity contribution in [2.24, 2.45) is 4.99 Å². The lowest BCUT2D eigenvalue weighted by Gasteiger charge is -2.21.